The molecular weight excluding hydrogens is 364 g/mol. The van der Waals surface area contributed by atoms with Gasteiger partial charge < -0.3 is 20.4 Å². The number of allylic oxidation sites excluding steroid dienone is 1. The largest absolute Gasteiger partial charge is 0.394 e. The third-order valence-electron chi connectivity index (χ3n) is 2.68. The van der Waals surface area contributed by atoms with Gasteiger partial charge >= 0.3 is 0 Å². The Bertz CT molecular complexity index is 290. The summed E-state index contributed by atoms with van der Waals surface area (Å²) >= 11 is 0. The Morgan fingerprint density at radius 1 is 0.690 bits per heavy atom. The van der Waals surface area contributed by atoms with Gasteiger partial charge in [-0.05, 0) is 93.4 Å². The van der Waals surface area contributed by atoms with Crippen molar-refractivity contribution in [3.63, 3.8) is 0 Å². The van der Waals surface area contributed by atoms with E-state index in [1.165, 1.54) is 0 Å². The van der Waals surface area contributed by atoms with E-state index in [0.29, 0.717) is 11.8 Å². The molecule has 0 aromatic heterocycles. The first kappa shape index (κ1) is 39.1. The molecule has 0 aromatic carbocycles. The summed E-state index contributed by atoms with van der Waals surface area (Å²) in [5.41, 5.74) is -1.41. The summed E-state index contributed by atoms with van der Waals surface area (Å²) < 4.78 is 0. The summed E-state index contributed by atoms with van der Waals surface area (Å²) in [5.74, 6) is 1.19. The monoisotopic (exact) mass is 422 g/mol. The highest BCUT2D eigenvalue weighted by Crippen LogP contribution is 2.14. The Morgan fingerprint density at radius 2 is 0.828 bits per heavy atom. The SMILES string of the molecule is C=CC.CC(C)CC(C)(C)O.CC(C)CC(C)(C)O.CC(C)O.CCC(C)(C)O. The van der Waals surface area contributed by atoms with Crippen LogP contribution in [0.4, 0.5) is 0 Å². The minimum Gasteiger partial charge on any atom is -0.394 e. The molecular formula is C25H58O4. The van der Waals surface area contributed by atoms with Crippen molar-refractivity contribution in [2.45, 2.75) is 139 Å². The van der Waals surface area contributed by atoms with Crippen LogP contribution in [0, 0.1) is 11.8 Å². The first-order valence-corrected chi connectivity index (χ1v) is 11.0. The molecule has 0 saturated carbocycles. The molecule has 182 valence electrons. The van der Waals surface area contributed by atoms with Gasteiger partial charge in [0.05, 0.1) is 16.8 Å². The van der Waals surface area contributed by atoms with Crippen LogP contribution in [0.2, 0.25) is 0 Å². The Morgan fingerprint density at radius 3 is 0.828 bits per heavy atom. The molecule has 0 unspecified atom stereocenters. The second kappa shape index (κ2) is 20.8. The van der Waals surface area contributed by atoms with Crippen molar-refractivity contribution in [3.8, 4) is 0 Å². The maximum Gasteiger partial charge on any atom is 0.0594 e. The second-order valence-corrected chi connectivity index (χ2v) is 10.5. The van der Waals surface area contributed by atoms with Gasteiger partial charge in [0.25, 0.3) is 0 Å². The summed E-state index contributed by atoms with van der Waals surface area (Å²) in [4.78, 5) is 0. The third kappa shape index (κ3) is 114. The highest BCUT2D eigenvalue weighted by Gasteiger charge is 2.14. The molecule has 0 fully saturated rings. The van der Waals surface area contributed by atoms with Crippen LogP contribution in [-0.2, 0) is 0 Å². The Labute approximate surface area is 184 Å². The normalized spacial score (nSPS) is 11.2. The van der Waals surface area contributed by atoms with E-state index in [0.717, 1.165) is 19.3 Å². The first-order valence-electron chi connectivity index (χ1n) is 11.0. The smallest absolute Gasteiger partial charge is 0.0594 e. The summed E-state index contributed by atoms with van der Waals surface area (Å²) in [6, 6.07) is 0. The molecule has 0 radical (unpaired) electrons. The Balaban J connectivity index is -0.0000000865. The number of hydrogen-bond donors (Lipinski definition) is 4. The molecule has 0 aliphatic heterocycles. The lowest BCUT2D eigenvalue weighted by Crippen LogP contribution is -2.20. The van der Waals surface area contributed by atoms with E-state index in [1.807, 2.05) is 41.5 Å². The van der Waals surface area contributed by atoms with Gasteiger partial charge in [-0.15, -0.1) is 6.58 Å². The van der Waals surface area contributed by atoms with Crippen LogP contribution in [0.25, 0.3) is 0 Å². The average Bonchev–Trinajstić information content (AvgIpc) is 2.33. The van der Waals surface area contributed by atoms with Crippen LogP contribution < -0.4 is 0 Å². The molecule has 0 aliphatic carbocycles. The predicted molar refractivity (Wildman–Crippen MR) is 131 cm³/mol. The quantitative estimate of drug-likeness (QED) is 0.389. The van der Waals surface area contributed by atoms with Crippen LogP contribution in [0.5, 0.6) is 0 Å². The summed E-state index contributed by atoms with van der Waals surface area (Å²) in [7, 11) is 0. The lowest BCUT2D eigenvalue weighted by Gasteiger charge is -2.18. The fraction of sp³-hybridized carbons (Fsp3) is 0.920. The van der Waals surface area contributed by atoms with E-state index in [9.17, 15) is 10.2 Å². The van der Waals surface area contributed by atoms with Gasteiger partial charge in [-0.2, -0.15) is 0 Å². The Hall–Kier alpha value is -0.420. The van der Waals surface area contributed by atoms with Crippen molar-refractivity contribution >= 4 is 0 Å². The van der Waals surface area contributed by atoms with E-state index in [-0.39, 0.29) is 6.10 Å². The van der Waals surface area contributed by atoms with Crippen LogP contribution in [0.15, 0.2) is 12.7 Å². The number of hydrogen-bond acceptors (Lipinski definition) is 4. The van der Waals surface area contributed by atoms with Crippen molar-refractivity contribution in [1.82, 2.24) is 0 Å². The molecule has 0 aromatic rings. The minimum absolute atomic E-state index is 0.167. The van der Waals surface area contributed by atoms with Crippen molar-refractivity contribution in [2.24, 2.45) is 11.8 Å². The maximum atomic E-state index is 9.19. The van der Waals surface area contributed by atoms with Gasteiger partial charge in [0.15, 0.2) is 0 Å². The maximum absolute atomic E-state index is 9.19. The molecule has 0 bridgehead atoms. The lowest BCUT2D eigenvalue weighted by atomic mass is 9.97. The van der Waals surface area contributed by atoms with E-state index < -0.39 is 16.8 Å². The molecule has 4 heteroatoms. The van der Waals surface area contributed by atoms with Crippen LogP contribution >= 0.6 is 0 Å². The number of rotatable bonds is 5. The second-order valence-electron chi connectivity index (χ2n) is 10.5. The predicted octanol–water partition coefficient (Wildman–Crippen LogP) is 6.35. The molecule has 0 saturated heterocycles. The van der Waals surface area contributed by atoms with E-state index in [2.05, 4.69) is 34.3 Å². The molecule has 0 aliphatic rings. The van der Waals surface area contributed by atoms with Crippen LogP contribution in [0.3, 0.4) is 0 Å². The number of aliphatic hydroxyl groups excluding tert-OH is 1. The topological polar surface area (TPSA) is 80.9 Å². The van der Waals surface area contributed by atoms with Gasteiger partial charge in [-0.1, -0.05) is 40.7 Å². The summed E-state index contributed by atoms with van der Waals surface area (Å²) in [6.07, 6.45) is 4.17. The van der Waals surface area contributed by atoms with Crippen molar-refractivity contribution in [3.05, 3.63) is 12.7 Å². The van der Waals surface area contributed by atoms with E-state index in [4.69, 9.17) is 10.2 Å². The van der Waals surface area contributed by atoms with Crippen molar-refractivity contribution in [1.29, 1.82) is 0 Å². The lowest BCUT2D eigenvalue weighted by molar-refractivity contribution is 0.0571. The third-order valence-corrected chi connectivity index (χ3v) is 2.68. The van der Waals surface area contributed by atoms with Gasteiger partial charge in [0, 0.05) is 6.10 Å². The standard InChI is InChI=1S/2C7H16O.C5H12O.C3H8O.C3H6/c2*1-6(2)5-7(3,4)8;1-4-5(2,3)6;1-3(2)4;1-3-2/h2*6,8H,5H2,1-4H3;6H,4H2,1-3H3;3-4H,1-2H3;3H,1H2,2H3. The fourth-order valence-electron chi connectivity index (χ4n) is 2.00. The zero-order valence-corrected chi connectivity index (χ0v) is 22.4. The highest BCUT2D eigenvalue weighted by molar-refractivity contribution is 4.66. The van der Waals surface area contributed by atoms with E-state index in [1.54, 1.807) is 33.8 Å². The zero-order chi connectivity index (χ0) is 25.1. The Kier molecular flexibility index (Phi) is 28.1. The van der Waals surface area contributed by atoms with Gasteiger partial charge in [-0.25, -0.2) is 0 Å². The van der Waals surface area contributed by atoms with Gasteiger partial charge in [0.2, 0.25) is 0 Å². The molecule has 4 N–H and O–H groups in total. The summed E-state index contributed by atoms with van der Waals surface area (Å²) in [5, 5.41) is 35.3. The van der Waals surface area contributed by atoms with Crippen molar-refractivity contribution in [2.75, 3.05) is 0 Å². The van der Waals surface area contributed by atoms with Gasteiger partial charge in [0.1, 0.15) is 0 Å². The molecule has 0 spiro atoms. The molecule has 4 nitrogen and oxygen atoms in total. The number of aliphatic hydroxyl groups is 4. The average molecular weight is 423 g/mol. The summed E-state index contributed by atoms with van der Waals surface area (Å²) in [6.45, 7) is 30.0. The zero-order valence-electron chi connectivity index (χ0n) is 22.4. The highest BCUT2D eigenvalue weighted by atomic mass is 16.3. The molecule has 29 heavy (non-hydrogen) atoms. The van der Waals surface area contributed by atoms with Crippen molar-refractivity contribution < 1.29 is 20.4 Å². The van der Waals surface area contributed by atoms with Crippen LogP contribution in [0.1, 0.15) is 116 Å². The first-order chi connectivity index (χ1) is 12.5. The molecule has 0 rings (SSSR count). The van der Waals surface area contributed by atoms with E-state index >= 15 is 0 Å². The molecule has 0 atom stereocenters. The molecule has 0 amide bonds. The van der Waals surface area contributed by atoms with Crippen LogP contribution in [-0.4, -0.2) is 43.3 Å². The van der Waals surface area contributed by atoms with Gasteiger partial charge in [-0.3, -0.25) is 0 Å². The fourth-order valence-corrected chi connectivity index (χ4v) is 2.00. The molecule has 0 heterocycles. The minimum atomic E-state index is -0.478.